The second kappa shape index (κ2) is 7.74. The lowest BCUT2D eigenvalue weighted by Crippen LogP contribution is -2.55. The zero-order chi connectivity index (χ0) is 23.5. The van der Waals surface area contributed by atoms with E-state index in [1.165, 1.54) is 38.5 Å². The Morgan fingerprint density at radius 1 is 1.03 bits per heavy atom. The van der Waals surface area contributed by atoms with Gasteiger partial charge in [0.05, 0.1) is 0 Å². The summed E-state index contributed by atoms with van der Waals surface area (Å²) >= 11 is 0. The normalized spacial score (nSPS) is 42.6. The van der Waals surface area contributed by atoms with Crippen LogP contribution in [0.1, 0.15) is 79.6 Å². The van der Waals surface area contributed by atoms with Crippen LogP contribution in [0, 0.1) is 34.0 Å². The summed E-state index contributed by atoms with van der Waals surface area (Å²) in [4.78, 5) is 20.8. The molecule has 0 heterocycles. The summed E-state index contributed by atoms with van der Waals surface area (Å²) in [5, 5.41) is 17.1. The molecule has 0 aliphatic heterocycles. The second-order valence-electron chi connectivity index (χ2n) is 11.7. The molecule has 4 nitrogen and oxygen atoms in total. The van der Waals surface area contributed by atoms with Gasteiger partial charge in [-0.3, -0.25) is 9.59 Å². The van der Waals surface area contributed by atoms with Gasteiger partial charge in [-0.25, -0.2) is 0 Å². The fourth-order valence-corrected chi connectivity index (χ4v) is 8.08. The van der Waals surface area contributed by atoms with Crippen molar-refractivity contribution in [3.8, 4) is 0 Å². The van der Waals surface area contributed by atoms with Crippen LogP contribution < -0.4 is 0 Å². The molecule has 0 aromatic rings. The van der Waals surface area contributed by atoms with Gasteiger partial charge < -0.3 is 10.2 Å². The number of fused-ring (bicyclic) bond motifs is 7. The molecule has 0 radical (unpaired) electrons. The first-order valence-corrected chi connectivity index (χ1v) is 12.2. The largest absolute Gasteiger partial charge is 0.504 e. The summed E-state index contributed by atoms with van der Waals surface area (Å²) in [7, 11) is 0. The highest BCUT2D eigenvalue weighted by Crippen LogP contribution is 2.69. The fourth-order valence-electron chi connectivity index (χ4n) is 8.08. The minimum absolute atomic E-state index is 0.0787. The van der Waals surface area contributed by atoms with Crippen LogP contribution in [0.5, 0.6) is 0 Å². The molecule has 5 aliphatic carbocycles. The van der Waals surface area contributed by atoms with Crippen LogP contribution in [0.15, 0.2) is 46.3 Å². The Labute approximate surface area is 192 Å². The standard InChI is InChI=1S/C27H36O2.CH2O2/c1-16-8-10-25(3)12-13-27(5)19(21(25)14-16)9-11-26(4)20-15-22(28)24(29)17(2)18(20)6-7-23(26)27;2-1-3/h6-7,15-16,19,21,29H,8-14H2,1-5H3;1H,(H,2,3)/t16-,19?,21-,25+,26-,27-;/m0./s1. The predicted octanol–water partition coefficient (Wildman–Crippen LogP) is 6.55. The van der Waals surface area contributed by atoms with Crippen molar-refractivity contribution in [3.63, 3.8) is 0 Å². The lowest BCUT2D eigenvalue weighted by Gasteiger charge is -2.64. The number of carbonyl (C=O) groups excluding carboxylic acids is 1. The number of rotatable bonds is 0. The zero-order valence-electron chi connectivity index (χ0n) is 20.2. The van der Waals surface area contributed by atoms with Crippen molar-refractivity contribution < 1.29 is 19.8 Å². The molecule has 0 aromatic heterocycles. The summed E-state index contributed by atoms with van der Waals surface area (Å²) in [6.45, 7) is 11.6. The molecule has 0 bridgehead atoms. The Kier molecular flexibility index (Phi) is 5.58. The van der Waals surface area contributed by atoms with Crippen molar-refractivity contribution in [1.82, 2.24) is 0 Å². The van der Waals surface area contributed by atoms with Gasteiger partial charge in [0.15, 0.2) is 5.76 Å². The van der Waals surface area contributed by atoms with E-state index in [0.29, 0.717) is 5.41 Å². The highest BCUT2D eigenvalue weighted by atomic mass is 16.3. The molecule has 174 valence electrons. The Morgan fingerprint density at radius 3 is 2.41 bits per heavy atom. The maximum atomic E-state index is 12.5. The summed E-state index contributed by atoms with van der Waals surface area (Å²) in [5.41, 5.74) is 5.18. The Bertz CT molecular complexity index is 966. The van der Waals surface area contributed by atoms with Gasteiger partial charge >= 0.3 is 0 Å². The second-order valence-corrected chi connectivity index (χ2v) is 11.7. The number of aliphatic hydroxyl groups excluding tert-OH is 1. The summed E-state index contributed by atoms with van der Waals surface area (Å²) < 4.78 is 0. The lowest BCUT2D eigenvalue weighted by atomic mass is 9.40. The van der Waals surface area contributed by atoms with Crippen LogP contribution in [0.2, 0.25) is 0 Å². The zero-order valence-corrected chi connectivity index (χ0v) is 20.2. The van der Waals surface area contributed by atoms with Crippen molar-refractivity contribution in [2.45, 2.75) is 79.6 Å². The van der Waals surface area contributed by atoms with Gasteiger partial charge in [0, 0.05) is 11.0 Å². The SMILES string of the molecule is CC1=C(O)C(=O)C=C2C1=CC=C1[C@@]2(C)CCC2[C@@H]3C[C@@H](C)CC[C@]3(C)CC[C@]12C.O=CO. The van der Waals surface area contributed by atoms with Gasteiger partial charge in [-0.2, -0.15) is 0 Å². The van der Waals surface area contributed by atoms with Crippen LogP contribution in [0.25, 0.3) is 0 Å². The molecule has 2 N–H and O–H groups in total. The van der Waals surface area contributed by atoms with E-state index in [4.69, 9.17) is 9.90 Å². The summed E-state index contributed by atoms with van der Waals surface area (Å²) in [6.07, 6.45) is 15.5. The molecule has 4 heteroatoms. The quantitative estimate of drug-likeness (QED) is 0.420. The molecule has 3 saturated carbocycles. The Morgan fingerprint density at radius 2 is 1.72 bits per heavy atom. The number of hydrogen-bond acceptors (Lipinski definition) is 3. The van der Waals surface area contributed by atoms with E-state index < -0.39 is 0 Å². The van der Waals surface area contributed by atoms with E-state index in [-0.39, 0.29) is 28.8 Å². The van der Waals surface area contributed by atoms with E-state index >= 15 is 0 Å². The number of hydrogen-bond donors (Lipinski definition) is 2. The van der Waals surface area contributed by atoms with Crippen molar-refractivity contribution in [1.29, 1.82) is 0 Å². The molecule has 6 atom stereocenters. The number of carboxylic acid groups (broad SMARTS) is 1. The number of carbonyl (C=O) groups is 2. The Balaban J connectivity index is 0.000000775. The van der Waals surface area contributed by atoms with Crippen LogP contribution in [0.3, 0.4) is 0 Å². The van der Waals surface area contributed by atoms with Gasteiger partial charge in [-0.05, 0) is 91.3 Å². The van der Waals surface area contributed by atoms with Gasteiger partial charge in [0.2, 0.25) is 5.78 Å². The van der Waals surface area contributed by atoms with Gasteiger partial charge in [-0.1, -0.05) is 51.8 Å². The molecule has 0 amide bonds. The van der Waals surface area contributed by atoms with Crippen LogP contribution in [-0.4, -0.2) is 22.5 Å². The average molecular weight is 439 g/mol. The first kappa shape index (κ1) is 23.1. The molecule has 0 aromatic carbocycles. The third kappa shape index (κ3) is 3.16. The summed E-state index contributed by atoms with van der Waals surface area (Å²) in [5.74, 6) is 2.13. The van der Waals surface area contributed by atoms with E-state index in [0.717, 1.165) is 40.9 Å². The molecule has 1 unspecified atom stereocenters. The molecule has 3 fully saturated rings. The average Bonchev–Trinajstić information content (AvgIpc) is 2.74. The maximum absolute atomic E-state index is 12.5. The number of allylic oxidation sites excluding steroid dienone is 7. The lowest BCUT2D eigenvalue weighted by molar-refractivity contribution is -0.122. The highest BCUT2D eigenvalue weighted by molar-refractivity contribution is 6.06. The molecular formula is C28H38O4. The third-order valence-electron chi connectivity index (χ3n) is 10.0. The molecule has 5 aliphatic rings. The van der Waals surface area contributed by atoms with E-state index in [9.17, 15) is 9.90 Å². The Hall–Kier alpha value is -2.10. The van der Waals surface area contributed by atoms with Crippen LogP contribution in [0.4, 0.5) is 0 Å². The van der Waals surface area contributed by atoms with Gasteiger partial charge in [-0.15, -0.1) is 0 Å². The third-order valence-corrected chi connectivity index (χ3v) is 10.0. The van der Waals surface area contributed by atoms with Gasteiger partial charge in [0.1, 0.15) is 0 Å². The molecular weight excluding hydrogens is 400 g/mol. The van der Waals surface area contributed by atoms with Crippen LogP contribution in [-0.2, 0) is 9.59 Å². The van der Waals surface area contributed by atoms with Crippen LogP contribution >= 0.6 is 0 Å². The molecule has 32 heavy (non-hydrogen) atoms. The van der Waals surface area contributed by atoms with E-state index in [2.05, 4.69) is 39.8 Å². The number of aliphatic hydroxyl groups is 1. The smallest absolute Gasteiger partial charge is 0.290 e. The molecule has 0 spiro atoms. The fraction of sp³-hybridized carbons (Fsp3) is 0.643. The van der Waals surface area contributed by atoms with Crippen molar-refractivity contribution in [2.75, 3.05) is 0 Å². The maximum Gasteiger partial charge on any atom is 0.290 e. The molecule has 0 saturated heterocycles. The van der Waals surface area contributed by atoms with E-state index in [1.807, 2.05) is 6.92 Å². The minimum Gasteiger partial charge on any atom is -0.504 e. The summed E-state index contributed by atoms with van der Waals surface area (Å²) in [6, 6.07) is 0. The van der Waals surface area contributed by atoms with Gasteiger partial charge in [0.25, 0.3) is 6.47 Å². The number of ketones is 1. The predicted molar refractivity (Wildman–Crippen MR) is 126 cm³/mol. The first-order valence-electron chi connectivity index (χ1n) is 12.2. The first-order chi connectivity index (χ1) is 15.0. The van der Waals surface area contributed by atoms with Crippen molar-refractivity contribution >= 4 is 12.3 Å². The topological polar surface area (TPSA) is 74.6 Å². The highest BCUT2D eigenvalue weighted by Gasteiger charge is 2.60. The molecule has 5 rings (SSSR count). The van der Waals surface area contributed by atoms with Crippen molar-refractivity contribution in [3.05, 3.63) is 46.3 Å². The van der Waals surface area contributed by atoms with E-state index in [1.54, 1.807) is 11.6 Å². The van der Waals surface area contributed by atoms with Crippen molar-refractivity contribution in [2.24, 2.45) is 34.0 Å². The monoisotopic (exact) mass is 438 g/mol. The minimum atomic E-state index is -0.250.